The summed E-state index contributed by atoms with van der Waals surface area (Å²) in [7, 11) is 0. The van der Waals surface area contributed by atoms with E-state index < -0.39 is 53.7 Å². The highest BCUT2D eigenvalue weighted by atomic mass is 19.4. The average molecular weight is 464 g/mol. The van der Waals surface area contributed by atoms with Gasteiger partial charge < -0.3 is 15.4 Å². The summed E-state index contributed by atoms with van der Waals surface area (Å²) in [6, 6.07) is 0.624. The molecular weight excluding hydrogens is 446 g/mol. The molecule has 0 spiro atoms. The molecule has 1 aromatic carbocycles. The van der Waals surface area contributed by atoms with Crippen molar-refractivity contribution in [2.45, 2.75) is 32.2 Å². The zero-order valence-electron chi connectivity index (χ0n) is 16.8. The van der Waals surface area contributed by atoms with Crippen molar-refractivity contribution in [3.63, 3.8) is 0 Å². The van der Waals surface area contributed by atoms with Crippen LogP contribution in [0.25, 0.3) is 0 Å². The van der Waals surface area contributed by atoms with Crippen molar-refractivity contribution >= 4 is 11.8 Å². The van der Waals surface area contributed by atoms with Crippen molar-refractivity contribution in [1.82, 2.24) is 20.6 Å². The number of hydrogen-bond acceptors (Lipinski definition) is 5. The fourth-order valence-corrected chi connectivity index (χ4v) is 2.58. The van der Waals surface area contributed by atoms with Crippen LogP contribution < -0.4 is 15.4 Å². The first-order valence-electron chi connectivity index (χ1n) is 9.13. The van der Waals surface area contributed by atoms with Crippen molar-refractivity contribution in [3.8, 4) is 5.75 Å². The molecule has 0 aliphatic heterocycles. The third-order valence-electron chi connectivity index (χ3n) is 3.94. The van der Waals surface area contributed by atoms with E-state index in [0.717, 1.165) is 6.07 Å². The molecule has 0 fully saturated rings. The number of carbonyl (C=O) groups is 2. The Labute approximate surface area is 178 Å². The van der Waals surface area contributed by atoms with Gasteiger partial charge in [-0.1, -0.05) is 0 Å². The van der Waals surface area contributed by atoms with Crippen LogP contribution in [0.1, 0.15) is 52.0 Å². The third kappa shape index (κ3) is 6.82. The summed E-state index contributed by atoms with van der Waals surface area (Å²) < 4.78 is 81.0. The second kappa shape index (κ2) is 9.83. The second-order valence-electron chi connectivity index (χ2n) is 6.49. The van der Waals surface area contributed by atoms with E-state index in [4.69, 9.17) is 0 Å². The molecule has 2 amide bonds. The summed E-state index contributed by atoms with van der Waals surface area (Å²) in [4.78, 5) is 32.6. The molecule has 2 aromatic rings. The molecular formula is C19H18F6N4O3. The molecule has 0 radical (unpaired) electrons. The van der Waals surface area contributed by atoms with E-state index in [1.807, 2.05) is 0 Å². The first-order valence-corrected chi connectivity index (χ1v) is 9.13. The fraction of sp³-hybridized carbons (Fsp3) is 0.368. The summed E-state index contributed by atoms with van der Waals surface area (Å²) in [5, 5.41) is 4.87. The minimum Gasteiger partial charge on any atom is -0.484 e. The molecule has 2 rings (SSSR count). The quantitative estimate of drug-likeness (QED) is 0.610. The number of ether oxygens (including phenoxy) is 1. The van der Waals surface area contributed by atoms with E-state index in [2.05, 4.69) is 25.3 Å². The van der Waals surface area contributed by atoms with Gasteiger partial charge >= 0.3 is 12.4 Å². The van der Waals surface area contributed by atoms with Gasteiger partial charge in [0.1, 0.15) is 5.75 Å². The van der Waals surface area contributed by atoms with Crippen molar-refractivity contribution < 1.29 is 40.7 Å². The van der Waals surface area contributed by atoms with Gasteiger partial charge in [0.15, 0.2) is 12.3 Å². The number of nitrogens with zero attached hydrogens (tertiary/aromatic N) is 2. The first kappa shape index (κ1) is 24.9. The third-order valence-corrected chi connectivity index (χ3v) is 3.94. The summed E-state index contributed by atoms with van der Waals surface area (Å²) in [5.74, 6) is -2.40. The molecule has 1 heterocycles. The summed E-state index contributed by atoms with van der Waals surface area (Å²) in [6.45, 7) is 1.55. The van der Waals surface area contributed by atoms with Crippen molar-refractivity contribution in [1.29, 1.82) is 0 Å². The lowest BCUT2D eigenvalue weighted by molar-refractivity contribution is -0.153. The molecule has 0 aliphatic carbocycles. The molecule has 1 atom stereocenters. The topological polar surface area (TPSA) is 93.2 Å². The van der Waals surface area contributed by atoms with Gasteiger partial charge in [-0.2, -0.15) is 26.3 Å². The predicted molar refractivity (Wildman–Crippen MR) is 98.9 cm³/mol. The van der Waals surface area contributed by atoms with Gasteiger partial charge in [0.25, 0.3) is 11.8 Å². The standard InChI is InChI=1S/C19H18F6N4O3/c1-3-26-17(31)15-14(27-4-5-28-15)10(2)29-16(30)11-6-12(19(23,24)25)8-13(7-11)32-9-18(20,21)22/h4-8,10H,3,9H2,1-2H3,(H,26,31)(H,29,30). The predicted octanol–water partition coefficient (Wildman–Crippen LogP) is 3.68. The smallest absolute Gasteiger partial charge is 0.422 e. The van der Waals surface area contributed by atoms with Crippen molar-refractivity contribution in [3.05, 3.63) is 53.1 Å². The van der Waals surface area contributed by atoms with Crippen molar-refractivity contribution in [2.24, 2.45) is 0 Å². The molecule has 0 saturated heterocycles. The molecule has 0 saturated carbocycles. The number of halogens is 6. The molecule has 0 aliphatic rings. The number of amides is 2. The van der Waals surface area contributed by atoms with Crippen LogP contribution in [0.5, 0.6) is 5.75 Å². The Morgan fingerprint density at radius 3 is 2.28 bits per heavy atom. The molecule has 7 nitrogen and oxygen atoms in total. The highest BCUT2D eigenvalue weighted by Crippen LogP contribution is 2.33. The highest BCUT2D eigenvalue weighted by molar-refractivity contribution is 5.96. The number of hydrogen-bond donors (Lipinski definition) is 2. The van der Waals surface area contributed by atoms with Crippen LogP contribution in [0, 0.1) is 0 Å². The number of carbonyl (C=O) groups excluding carboxylic acids is 2. The highest BCUT2D eigenvalue weighted by Gasteiger charge is 2.33. The van der Waals surface area contributed by atoms with E-state index in [1.165, 1.54) is 19.3 Å². The Hall–Kier alpha value is -3.38. The number of nitrogens with one attached hydrogen (secondary N) is 2. The fourth-order valence-electron chi connectivity index (χ4n) is 2.58. The number of rotatable bonds is 7. The zero-order valence-corrected chi connectivity index (χ0v) is 16.8. The monoisotopic (exact) mass is 464 g/mol. The van der Waals surface area contributed by atoms with Gasteiger partial charge in [-0.05, 0) is 32.0 Å². The molecule has 0 bridgehead atoms. The molecule has 1 aromatic heterocycles. The Bertz CT molecular complexity index is 978. The van der Waals surface area contributed by atoms with Gasteiger partial charge in [0, 0.05) is 24.5 Å². The lowest BCUT2D eigenvalue weighted by Crippen LogP contribution is -2.31. The van der Waals surface area contributed by atoms with E-state index in [9.17, 15) is 35.9 Å². The van der Waals surface area contributed by atoms with E-state index in [1.54, 1.807) is 6.92 Å². The molecule has 13 heteroatoms. The largest absolute Gasteiger partial charge is 0.484 e. The minimum absolute atomic E-state index is 0.0484. The Kier molecular flexibility index (Phi) is 7.65. The van der Waals surface area contributed by atoms with Crippen LogP contribution in [0.15, 0.2) is 30.6 Å². The maximum atomic E-state index is 13.2. The van der Waals surface area contributed by atoms with Crippen molar-refractivity contribution in [2.75, 3.05) is 13.2 Å². The summed E-state index contributed by atoms with van der Waals surface area (Å²) >= 11 is 0. The van der Waals surface area contributed by atoms with Crippen LogP contribution in [-0.4, -0.2) is 41.1 Å². The molecule has 32 heavy (non-hydrogen) atoms. The summed E-state index contributed by atoms with van der Waals surface area (Å²) in [6.07, 6.45) is -7.21. The van der Waals surface area contributed by atoms with E-state index in [-0.39, 0.29) is 11.4 Å². The van der Waals surface area contributed by atoms with Gasteiger partial charge in [-0.3, -0.25) is 14.6 Å². The number of aromatic nitrogens is 2. The second-order valence-corrected chi connectivity index (χ2v) is 6.49. The van der Waals surface area contributed by atoms with E-state index in [0.29, 0.717) is 18.7 Å². The average Bonchev–Trinajstić information content (AvgIpc) is 2.71. The maximum Gasteiger partial charge on any atom is 0.422 e. The van der Waals surface area contributed by atoms with Gasteiger partial charge in [-0.15, -0.1) is 0 Å². The van der Waals surface area contributed by atoms with Crippen LogP contribution in [0.4, 0.5) is 26.3 Å². The number of benzene rings is 1. The van der Waals surface area contributed by atoms with Crippen LogP contribution in [0.2, 0.25) is 0 Å². The normalized spacial score (nSPS) is 12.8. The SMILES string of the molecule is CCNC(=O)c1nccnc1C(C)NC(=O)c1cc(OCC(F)(F)F)cc(C(F)(F)F)c1. The van der Waals surface area contributed by atoms with Crippen LogP contribution in [-0.2, 0) is 6.18 Å². The Morgan fingerprint density at radius 1 is 1.03 bits per heavy atom. The minimum atomic E-state index is -4.94. The zero-order chi connectivity index (χ0) is 24.1. The van der Waals surface area contributed by atoms with E-state index >= 15 is 0 Å². The summed E-state index contributed by atoms with van der Waals surface area (Å²) in [5.41, 5.74) is -2.00. The first-order chi connectivity index (χ1) is 14.8. The number of alkyl halides is 6. The molecule has 1 unspecified atom stereocenters. The lowest BCUT2D eigenvalue weighted by Gasteiger charge is -2.17. The van der Waals surface area contributed by atoms with Gasteiger partial charge in [0.05, 0.1) is 17.3 Å². The maximum absolute atomic E-state index is 13.2. The molecule has 174 valence electrons. The van der Waals surface area contributed by atoms with Gasteiger partial charge in [0.2, 0.25) is 0 Å². The Balaban J connectivity index is 2.32. The van der Waals surface area contributed by atoms with Crippen LogP contribution >= 0.6 is 0 Å². The lowest BCUT2D eigenvalue weighted by atomic mass is 10.1. The van der Waals surface area contributed by atoms with Crippen LogP contribution in [0.3, 0.4) is 0 Å². The van der Waals surface area contributed by atoms with Gasteiger partial charge in [-0.25, -0.2) is 4.98 Å². The molecule has 2 N–H and O–H groups in total. The Morgan fingerprint density at radius 2 is 1.69 bits per heavy atom.